The lowest BCUT2D eigenvalue weighted by Crippen LogP contribution is -2.30. The number of nitrogens with two attached hydrogens (primary N) is 1. The van der Waals surface area contributed by atoms with E-state index in [9.17, 15) is 4.79 Å². The number of nitrogen functional groups attached to an aromatic ring is 1. The maximum atomic E-state index is 11.3. The molecule has 6 heteroatoms. The molecular weight excluding hydrogens is 248 g/mol. The Hall–Kier alpha value is -1.37. The molecule has 1 heterocycles. The minimum atomic E-state index is -0.438. The highest BCUT2D eigenvalue weighted by Gasteiger charge is 2.14. The number of aryl methyl sites for hydroxylation is 1. The van der Waals surface area contributed by atoms with Crippen molar-refractivity contribution in [2.45, 2.75) is 33.3 Å². The highest BCUT2D eigenvalue weighted by atomic mass is 16.5. The number of hydrogen-bond acceptors (Lipinski definition) is 5. The Kier molecular flexibility index (Phi) is 7.17. The molecule has 0 aromatic carbocycles. The van der Waals surface area contributed by atoms with Crippen molar-refractivity contribution in [2.75, 3.05) is 19.8 Å². The molecule has 6 nitrogen and oxygen atoms in total. The standard InChI is InChI=1S/C13H22N2O4/c1-3-4-5-17-6-7-18-9-11-8-10(2)12(19-11)13(16)15-14/h8H,3-7,9,14H2,1-2H3,(H,15,16). The molecule has 0 aliphatic heterocycles. The number of carbonyl (C=O) groups is 1. The summed E-state index contributed by atoms with van der Waals surface area (Å²) in [6, 6.07) is 1.77. The number of amides is 1. The Morgan fingerprint density at radius 1 is 1.37 bits per heavy atom. The number of hydrogen-bond donors (Lipinski definition) is 2. The van der Waals surface area contributed by atoms with Crippen LogP contribution in [0.15, 0.2) is 10.5 Å². The smallest absolute Gasteiger partial charge is 0.301 e. The summed E-state index contributed by atoms with van der Waals surface area (Å²) in [6.07, 6.45) is 2.19. The topological polar surface area (TPSA) is 86.7 Å². The van der Waals surface area contributed by atoms with Gasteiger partial charge in [0.05, 0.1) is 13.2 Å². The number of nitrogens with one attached hydrogen (secondary N) is 1. The molecule has 0 saturated heterocycles. The van der Waals surface area contributed by atoms with Gasteiger partial charge < -0.3 is 13.9 Å². The van der Waals surface area contributed by atoms with Crippen LogP contribution in [-0.2, 0) is 16.1 Å². The van der Waals surface area contributed by atoms with E-state index >= 15 is 0 Å². The monoisotopic (exact) mass is 270 g/mol. The van der Waals surface area contributed by atoms with Crippen molar-refractivity contribution in [3.63, 3.8) is 0 Å². The average Bonchev–Trinajstić information content (AvgIpc) is 2.78. The van der Waals surface area contributed by atoms with Crippen LogP contribution in [0.1, 0.15) is 41.6 Å². The molecule has 0 saturated carbocycles. The van der Waals surface area contributed by atoms with Gasteiger partial charge in [-0.2, -0.15) is 0 Å². The van der Waals surface area contributed by atoms with Crippen molar-refractivity contribution in [2.24, 2.45) is 5.84 Å². The summed E-state index contributed by atoms with van der Waals surface area (Å²) in [4.78, 5) is 11.3. The minimum absolute atomic E-state index is 0.222. The van der Waals surface area contributed by atoms with Gasteiger partial charge in [0, 0.05) is 12.2 Å². The van der Waals surface area contributed by atoms with Gasteiger partial charge in [0.25, 0.3) is 0 Å². The fourth-order valence-electron chi connectivity index (χ4n) is 1.55. The van der Waals surface area contributed by atoms with E-state index in [-0.39, 0.29) is 5.76 Å². The fourth-order valence-corrected chi connectivity index (χ4v) is 1.55. The van der Waals surface area contributed by atoms with Crippen LogP contribution in [0.2, 0.25) is 0 Å². The van der Waals surface area contributed by atoms with Crippen molar-refractivity contribution in [3.8, 4) is 0 Å². The zero-order valence-corrected chi connectivity index (χ0v) is 11.5. The molecule has 0 fully saturated rings. The fraction of sp³-hybridized carbons (Fsp3) is 0.615. The van der Waals surface area contributed by atoms with Gasteiger partial charge in [0.1, 0.15) is 12.4 Å². The van der Waals surface area contributed by atoms with Crippen LogP contribution in [0.25, 0.3) is 0 Å². The number of furan rings is 1. The number of ether oxygens (including phenoxy) is 2. The van der Waals surface area contributed by atoms with Crippen LogP contribution in [0.4, 0.5) is 0 Å². The molecule has 0 atom stereocenters. The summed E-state index contributed by atoms with van der Waals surface area (Å²) in [6.45, 7) is 6.05. The Bertz CT molecular complexity index is 390. The third-order valence-electron chi connectivity index (χ3n) is 2.56. The largest absolute Gasteiger partial charge is 0.453 e. The normalized spacial score (nSPS) is 10.7. The Morgan fingerprint density at radius 3 is 2.79 bits per heavy atom. The van der Waals surface area contributed by atoms with Crippen molar-refractivity contribution in [1.29, 1.82) is 0 Å². The summed E-state index contributed by atoms with van der Waals surface area (Å²) in [7, 11) is 0. The molecule has 0 radical (unpaired) electrons. The first-order valence-electron chi connectivity index (χ1n) is 6.44. The summed E-state index contributed by atoms with van der Waals surface area (Å²) < 4.78 is 16.1. The Balaban J connectivity index is 2.25. The zero-order valence-electron chi connectivity index (χ0n) is 11.5. The second-order valence-electron chi connectivity index (χ2n) is 4.22. The van der Waals surface area contributed by atoms with Crippen LogP contribution in [0.3, 0.4) is 0 Å². The van der Waals surface area contributed by atoms with Gasteiger partial charge in [-0.25, -0.2) is 5.84 Å². The summed E-state index contributed by atoms with van der Waals surface area (Å²) in [5, 5.41) is 0. The van der Waals surface area contributed by atoms with E-state index in [4.69, 9.17) is 19.7 Å². The molecule has 1 amide bonds. The summed E-state index contributed by atoms with van der Waals surface area (Å²) in [5.41, 5.74) is 2.77. The van der Waals surface area contributed by atoms with Crippen LogP contribution in [-0.4, -0.2) is 25.7 Å². The van der Waals surface area contributed by atoms with E-state index in [1.807, 2.05) is 5.43 Å². The molecule has 0 aliphatic rings. The van der Waals surface area contributed by atoms with E-state index < -0.39 is 5.91 Å². The van der Waals surface area contributed by atoms with E-state index in [1.54, 1.807) is 13.0 Å². The van der Waals surface area contributed by atoms with Crippen molar-refractivity contribution in [1.82, 2.24) is 5.43 Å². The molecule has 108 valence electrons. The van der Waals surface area contributed by atoms with Crippen molar-refractivity contribution < 1.29 is 18.7 Å². The summed E-state index contributed by atoms with van der Waals surface area (Å²) in [5.74, 6) is 5.44. The first-order valence-corrected chi connectivity index (χ1v) is 6.44. The van der Waals surface area contributed by atoms with Gasteiger partial charge in [0.2, 0.25) is 0 Å². The molecule has 0 aliphatic carbocycles. The Morgan fingerprint density at radius 2 is 2.11 bits per heavy atom. The Labute approximate surface area is 113 Å². The lowest BCUT2D eigenvalue weighted by atomic mass is 10.2. The quantitative estimate of drug-likeness (QED) is 0.307. The molecule has 3 N–H and O–H groups in total. The van der Waals surface area contributed by atoms with Crippen LogP contribution in [0, 0.1) is 6.92 Å². The summed E-state index contributed by atoms with van der Waals surface area (Å²) >= 11 is 0. The number of rotatable bonds is 9. The van der Waals surface area contributed by atoms with Gasteiger partial charge >= 0.3 is 5.91 Å². The van der Waals surface area contributed by atoms with E-state index in [1.165, 1.54) is 0 Å². The zero-order chi connectivity index (χ0) is 14.1. The van der Waals surface area contributed by atoms with Gasteiger partial charge in [-0.05, 0) is 19.4 Å². The van der Waals surface area contributed by atoms with Crippen LogP contribution in [0.5, 0.6) is 0 Å². The molecule has 1 rings (SSSR count). The third kappa shape index (κ3) is 5.42. The maximum Gasteiger partial charge on any atom is 0.301 e. The number of hydrazine groups is 1. The predicted octanol–water partition coefficient (Wildman–Crippen LogP) is 1.52. The van der Waals surface area contributed by atoms with Gasteiger partial charge in [0.15, 0.2) is 5.76 Å². The van der Waals surface area contributed by atoms with Gasteiger partial charge in [-0.15, -0.1) is 0 Å². The lowest BCUT2D eigenvalue weighted by Gasteiger charge is -2.03. The van der Waals surface area contributed by atoms with E-state index in [2.05, 4.69) is 6.92 Å². The predicted molar refractivity (Wildman–Crippen MR) is 70.5 cm³/mol. The molecule has 1 aromatic rings. The maximum absolute atomic E-state index is 11.3. The third-order valence-corrected chi connectivity index (χ3v) is 2.56. The molecule has 1 aromatic heterocycles. The van der Waals surface area contributed by atoms with Gasteiger partial charge in [-0.1, -0.05) is 13.3 Å². The van der Waals surface area contributed by atoms with E-state index in [0.717, 1.165) is 25.0 Å². The number of unbranched alkanes of at least 4 members (excludes halogenated alkanes) is 1. The molecule has 0 bridgehead atoms. The molecule has 0 unspecified atom stereocenters. The first-order chi connectivity index (χ1) is 9.19. The van der Waals surface area contributed by atoms with Crippen molar-refractivity contribution in [3.05, 3.63) is 23.2 Å². The average molecular weight is 270 g/mol. The second-order valence-corrected chi connectivity index (χ2v) is 4.22. The van der Waals surface area contributed by atoms with Crippen LogP contribution < -0.4 is 11.3 Å². The molecule has 0 spiro atoms. The van der Waals surface area contributed by atoms with Crippen molar-refractivity contribution >= 4 is 5.91 Å². The minimum Gasteiger partial charge on any atom is -0.453 e. The first kappa shape index (κ1) is 15.7. The number of carbonyl (C=O) groups excluding carboxylic acids is 1. The lowest BCUT2D eigenvalue weighted by molar-refractivity contribution is 0.0336. The van der Waals surface area contributed by atoms with E-state index in [0.29, 0.717) is 25.6 Å². The van der Waals surface area contributed by atoms with Crippen LogP contribution >= 0.6 is 0 Å². The SMILES string of the molecule is CCCCOCCOCc1cc(C)c(C(=O)NN)o1. The highest BCUT2D eigenvalue weighted by Crippen LogP contribution is 2.15. The molecule has 19 heavy (non-hydrogen) atoms. The second kappa shape index (κ2) is 8.68. The highest BCUT2D eigenvalue weighted by molar-refractivity contribution is 5.92. The van der Waals surface area contributed by atoms with Gasteiger partial charge in [-0.3, -0.25) is 10.2 Å². The molecular formula is C13H22N2O4.